The first-order valence-corrected chi connectivity index (χ1v) is 3.56. The Morgan fingerprint density at radius 2 is 2.46 bits per heavy atom. The van der Waals surface area contributed by atoms with Crippen LogP contribution in [0.3, 0.4) is 0 Å². The molecule has 0 saturated heterocycles. The van der Waals surface area contributed by atoms with Crippen LogP contribution in [0.25, 0.3) is 11.2 Å². The number of fused-ring (bicyclic) bond motifs is 1. The van der Waals surface area contributed by atoms with Gasteiger partial charge in [0.2, 0.25) is 0 Å². The van der Waals surface area contributed by atoms with Crippen molar-refractivity contribution < 1.29 is 9.90 Å². The van der Waals surface area contributed by atoms with Crippen LogP contribution in [-0.4, -0.2) is 26.2 Å². The van der Waals surface area contributed by atoms with Gasteiger partial charge in [0.15, 0.2) is 11.5 Å². The molecule has 0 aliphatic heterocycles. The number of aromatic amines is 1. The molecule has 3 N–H and O–H groups in total. The van der Waals surface area contributed by atoms with Crippen LogP contribution in [0.4, 0.5) is 10.6 Å². The summed E-state index contributed by atoms with van der Waals surface area (Å²) < 4.78 is 0. The lowest BCUT2D eigenvalue weighted by molar-refractivity contribution is 0.209. The average Bonchev–Trinajstić information content (AvgIpc) is 2.49. The van der Waals surface area contributed by atoms with Crippen LogP contribution in [0.1, 0.15) is 0 Å². The summed E-state index contributed by atoms with van der Waals surface area (Å²) in [5.41, 5.74) is 1.27. The van der Waals surface area contributed by atoms with Gasteiger partial charge in [-0.25, -0.2) is 14.8 Å². The largest absolute Gasteiger partial charge is 0.465 e. The molecule has 2 rings (SSSR count). The molecular formula is C7H6N4O2. The van der Waals surface area contributed by atoms with Gasteiger partial charge in [-0.05, 0) is 6.07 Å². The third kappa shape index (κ3) is 1.41. The van der Waals surface area contributed by atoms with Crippen LogP contribution < -0.4 is 5.32 Å². The predicted molar refractivity (Wildman–Crippen MR) is 45.5 cm³/mol. The van der Waals surface area contributed by atoms with Gasteiger partial charge in [0.05, 0.1) is 6.20 Å². The Bertz CT molecular complexity index is 450. The Kier molecular flexibility index (Phi) is 1.59. The number of carboxylic acid groups (broad SMARTS) is 1. The standard InChI is InChI=1S/C7H6N4O2/c12-7(13)11-5-3-9-6-4(10-5)1-2-8-6/h1-3H,(H,8,9)(H,10,11)(H,12,13). The monoisotopic (exact) mass is 178 g/mol. The second-order valence-electron chi connectivity index (χ2n) is 2.40. The molecule has 0 spiro atoms. The number of nitrogens with one attached hydrogen (secondary N) is 2. The smallest absolute Gasteiger partial charge is 0.410 e. The summed E-state index contributed by atoms with van der Waals surface area (Å²) in [5.74, 6) is 0.222. The van der Waals surface area contributed by atoms with Gasteiger partial charge in [-0.1, -0.05) is 0 Å². The van der Waals surface area contributed by atoms with E-state index in [1.807, 2.05) is 0 Å². The SMILES string of the molecule is O=C(O)Nc1cnc2[nH]ccc2n1. The molecule has 0 radical (unpaired) electrons. The van der Waals surface area contributed by atoms with Crippen molar-refractivity contribution in [2.75, 3.05) is 5.32 Å². The lowest BCUT2D eigenvalue weighted by Gasteiger charge is -1.97. The number of hydrogen-bond acceptors (Lipinski definition) is 3. The molecule has 0 atom stereocenters. The number of hydrogen-bond donors (Lipinski definition) is 3. The molecule has 6 heteroatoms. The van der Waals surface area contributed by atoms with E-state index in [2.05, 4.69) is 20.3 Å². The molecule has 0 aliphatic rings. The third-order valence-electron chi connectivity index (χ3n) is 1.50. The minimum atomic E-state index is -1.15. The fourth-order valence-corrected chi connectivity index (χ4v) is 1.00. The molecule has 0 fully saturated rings. The average molecular weight is 178 g/mol. The minimum absolute atomic E-state index is 0.222. The maximum absolute atomic E-state index is 10.3. The highest BCUT2D eigenvalue weighted by Crippen LogP contribution is 2.09. The molecule has 1 amide bonds. The van der Waals surface area contributed by atoms with Crippen LogP contribution in [0, 0.1) is 0 Å². The molecule has 2 heterocycles. The second-order valence-corrected chi connectivity index (χ2v) is 2.40. The van der Waals surface area contributed by atoms with Gasteiger partial charge in [0, 0.05) is 6.20 Å². The first-order valence-electron chi connectivity index (χ1n) is 3.56. The second kappa shape index (κ2) is 2.74. The maximum atomic E-state index is 10.3. The topological polar surface area (TPSA) is 90.9 Å². The summed E-state index contributed by atoms with van der Waals surface area (Å²) in [4.78, 5) is 21.0. The highest BCUT2D eigenvalue weighted by molar-refractivity contribution is 5.83. The molecule has 0 bridgehead atoms. The van der Waals surface area contributed by atoms with Crippen LogP contribution in [0.5, 0.6) is 0 Å². The third-order valence-corrected chi connectivity index (χ3v) is 1.50. The van der Waals surface area contributed by atoms with Gasteiger partial charge in [-0.2, -0.15) is 0 Å². The molecule has 13 heavy (non-hydrogen) atoms. The van der Waals surface area contributed by atoms with Gasteiger partial charge >= 0.3 is 6.09 Å². The van der Waals surface area contributed by atoms with Gasteiger partial charge in [-0.3, -0.25) is 5.32 Å². The van der Waals surface area contributed by atoms with E-state index in [1.165, 1.54) is 6.20 Å². The van der Waals surface area contributed by atoms with Crippen LogP contribution >= 0.6 is 0 Å². The summed E-state index contributed by atoms with van der Waals surface area (Å²) in [6.45, 7) is 0. The summed E-state index contributed by atoms with van der Waals surface area (Å²) >= 11 is 0. The Morgan fingerprint density at radius 3 is 3.23 bits per heavy atom. The Hall–Kier alpha value is -2.11. The number of amides is 1. The van der Waals surface area contributed by atoms with Crippen molar-refractivity contribution >= 4 is 23.1 Å². The first kappa shape index (κ1) is 7.53. The van der Waals surface area contributed by atoms with Crippen LogP contribution in [0.2, 0.25) is 0 Å². The lowest BCUT2D eigenvalue weighted by atomic mass is 10.5. The highest BCUT2D eigenvalue weighted by atomic mass is 16.4. The van der Waals surface area contributed by atoms with E-state index in [9.17, 15) is 4.79 Å². The Labute approximate surface area is 72.6 Å². The maximum Gasteiger partial charge on any atom is 0.410 e. The molecule has 6 nitrogen and oxygen atoms in total. The van der Waals surface area contributed by atoms with Crippen molar-refractivity contribution in [1.29, 1.82) is 0 Å². The van der Waals surface area contributed by atoms with E-state index in [1.54, 1.807) is 12.3 Å². The van der Waals surface area contributed by atoms with E-state index < -0.39 is 6.09 Å². The van der Waals surface area contributed by atoms with Crippen LogP contribution in [-0.2, 0) is 0 Å². The Morgan fingerprint density at radius 1 is 1.62 bits per heavy atom. The van der Waals surface area contributed by atoms with Crippen molar-refractivity contribution in [3.8, 4) is 0 Å². The van der Waals surface area contributed by atoms with E-state index in [4.69, 9.17) is 5.11 Å². The number of aromatic nitrogens is 3. The summed E-state index contributed by atoms with van der Waals surface area (Å²) in [6.07, 6.45) is 1.89. The van der Waals surface area contributed by atoms with Crippen molar-refractivity contribution in [2.24, 2.45) is 0 Å². The molecule has 0 unspecified atom stereocenters. The molecule has 0 saturated carbocycles. The fourth-order valence-electron chi connectivity index (χ4n) is 1.00. The first-order chi connectivity index (χ1) is 6.25. The lowest BCUT2D eigenvalue weighted by Crippen LogP contribution is -2.08. The fraction of sp³-hybridized carbons (Fsp3) is 0. The van der Waals surface area contributed by atoms with Gasteiger partial charge in [0.1, 0.15) is 5.52 Å². The molecule has 0 aromatic carbocycles. The number of rotatable bonds is 1. The number of carbonyl (C=O) groups is 1. The Balaban J connectivity index is 2.42. The number of anilines is 1. The number of H-pyrrole nitrogens is 1. The molecular weight excluding hydrogens is 172 g/mol. The summed E-state index contributed by atoms with van der Waals surface area (Å²) in [5, 5.41) is 10.5. The molecule has 2 aromatic heterocycles. The van der Waals surface area contributed by atoms with Crippen molar-refractivity contribution in [2.45, 2.75) is 0 Å². The van der Waals surface area contributed by atoms with E-state index in [0.717, 1.165) is 0 Å². The zero-order valence-corrected chi connectivity index (χ0v) is 6.48. The van der Waals surface area contributed by atoms with E-state index >= 15 is 0 Å². The summed E-state index contributed by atoms with van der Waals surface area (Å²) in [6, 6.07) is 1.72. The van der Waals surface area contributed by atoms with Crippen LogP contribution in [0.15, 0.2) is 18.5 Å². The van der Waals surface area contributed by atoms with Gasteiger partial charge < -0.3 is 10.1 Å². The van der Waals surface area contributed by atoms with Crippen molar-refractivity contribution in [1.82, 2.24) is 15.0 Å². The number of nitrogens with zero attached hydrogens (tertiary/aromatic N) is 2. The van der Waals surface area contributed by atoms with Gasteiger partial charge in [0.25, 0.3) is 0 Å². The zero-order chi connectivity index (χ0) is 9.26. The normalized spacial score (nSPS) is 10.2. The quantitative estimate of drug-likeness (QED) is 0.608. The molecule has 0 aliphatic carbocycles. The van der Waals surface area contributed by atoms with E-state index in [0.29, 0.717) is 11.2 Å². The molecule has 66 valence electrons. The minimum Gasteiger partial charge on any atom is -0.465 e. The van der Waals surface area contributed by atoms with Crippen molar-refractivity contribution in [3.63, 3.8) is 0 Å². The van der Waals surface area contributed by atoms with Crippen molar-refractivity contribution in [3.05, 3.63) is 18.5 Å². The summed E-state index contributed by atoms with van der Waals surface area (Å²) in [7, 11) is 0. The van der Waals surface area contributed by atoms with E-state index in [-0.39, 0.29) is 5.82 Å². The predicted octanol–water partition coefficient (Wildman–Crippen LogP) is 1.05. The zero-order valence-electron chi connectivity index (χ0n) is 6.48. The molecule has 2 aromatic rings. The van der Waals surface area contributed by atoms with Gasteiger partial charge in [-0.15, -0.1) is 0 Å². The highest BCUT2D eigenvalue weighted by Gasteiger charge is 2.02.